The molecule has 0 N–H and O–H groups in total. The van der Waals surface area contributed by atoms with Crippen molar-refractivity contribution in [3.63, 3.8) is 0 Å². The van der Waals surface area contributed by atoms with Crippen LogP contribution in [-0.2, 0) is 4.79 Å². The molecule has 0 bridgehead atoms. The molecule has 0 saturated carbocycles. The Balaban J connectivity index is 3.07. The summed E-state index contributed by atoms with van der Waals surface area (Å²) in [7, 11) is 0. The van der Waals surface area contributed by atoms with Gasteiger partial charge in [0, 0.05) is 11.1 Å². The summed E-state index contributed by atoms with van der Waals surface area (Å²) in [6.07, 6.45) is 0. The molecule has 2 rings (SSSR count). The minimum Gasteiger partial charge on any atom is -0.233 e. The predicted molar refractivity (Wildman–Crippen MR) is 146 cm³/mol. The van der Waals surface area contributed by atoms with Gasteiger partial charge in [-0.2, -0.15) is 0 Å². The second-order valence-electron chi connectivity index (χ2n) is 11.6. The van der Waals surface area contributed by atoms with Crippen LogP contribution in [0.3, 0.4) is 0 Å². The van der Waals surface area contributed by atoms with Gasteiger partial charge in [0.15, 0.2) is 0 Å². The van der Waals surface area contributed by atoms with Crippen molar-refractivity contribution < 1.29 is 4.79 Å². The van der Waals surface area contributed by atoms with Crippen LogP contribution in [0.1, 0.15) is 163 Å². The Morgan fingerprint density at radius 3 is 0.879 bits per heavy atom. The maximum Gasteiger partial charge on any atom is 0.133 e. The Morgan fingerprint density at radius 1 is 0.485 bits per heavy atom. The van der Waals surface area contributed by atoms with Crippen LogP contribution in [0.4, 0.5) is 0 Å². The van der Waals surface area contributed by atoms with Crippen molar-refractivity contribution in [2.24, 2.45) is 0 Å². The van der Waals surface area contributed by atoms with E-state index in [0.717, 1.165) is 16.7 Å². The van der Waals surface area contributed by atoms with Crippen LogP contribution < -0.4 is 0 Å². The largest absolute Gasteiger partial charge is 0.233 e. The zero-order valence-electron chi connectivity index (χ0n) is 23.2. The Morgan fingerprint density at radius 2 is 0.727 bits per heavy atom. The highest BCUT2D eigenvalue weighted by Gasteiger charge is 2.27. The molecule has 0 fully saturated rings. The van der Waals surface area contributed by atoms with Crippen LogP contribution in [-0.4, -0.2) is 5.94 Å². The lowest BCUT2D eigenvalue weighted by Gasteiger charge is -2.28. The molecule has 0 heterocycles. The van der Waals surface area contributed by atoms with Gasteiger partial charge >= 0.3 is 0 Å². The first kappa shape index (κ1) is 27.1. The summed E-state index contributed by atoms with van der Waals surface area (Å²) in [6, 6.07) is 9.34. The van der Waals surface area contributed by atoms with Gasteiger partial charge in [-0.3, -0.25) is 0 Å². The lowest BCUT2D eigenvalue weighted by molar-refractivity contribution is 0.569. The number of rotatable bonds is 8. The highest BCUT2D eigenvalue weighted by Crippen LogP contribution is 2.43. The van der Waals surface area contributed by atoms with Crippen molar-refractivity contribution in [3.8, 4) is 0 Å². The maximum absolute atomic E-state index is 12.9. The lowest BCUT2D eigenvalue weighted by atomic mass is 9.75. The Labute approximate surface area is 203 Å². The first-order valence-corrected chi connectivity index (χ1v) is 12.9. The summed E-state index contributed by atoms with van der Waals surface area (Å²) in [5.41, 5.74) is 10.7. The van der Waals surface area contributed by atoms with E-state index in [0.29, 0.717) is 35.5 Å². The summed E-state index contributed by atoms with van der Waals surface area (Å²) >= 11 is 0. The number of hydrogen-bond acceptors (Lipinski definition) is 1. The van der Waals surface area contributed by atoms with Crippen molar-refractivity contribution in [1.82, 2.24) is 0 Å². The van der Waals surface area contributed by atoms with Gasteiger partial charge in [0.2, 0.25) is 0 Å². The molecule has 1 nitrogen and oxygen atoms in total. The van der Waals surface area contributed by atoms with Gasteiger partial charge in [-0.25, -0.2) is 4.79 Å². The van der Waals surface area contributed by atoms with E-state index in [1.54, 1.807) is 0 Å². The third-order valence-corrected chi connectivity index (χ3v) is 6.87. The van der Waals surface area contributed by atoms with E-state index in [-0.39, 0.29) is 0 Å². The molecule has 0 atom stereocenters. The molecule has 0 spiro atoms. The summed E-state index contributed by atoms with van der Waals surface area (Å²) in [5, 5.41) is 0. The zero-order chi connectivity index (χ0) is 25.2. The van der Waals surface area contributed by atoms with E-state index >= 15 is 0 Å². The molecule has 180 valence electrons. The average molecular weight is 447 g/mol. The van der Waals surface area contributed by atoms with Crippen LogP contribution in [0.25, 0.3) is 5.57 Å². The Hall–Kier alpha value is -2.11. The molecular weight excluding hydrogens is 400 g/mol. The van der Waals surface area contributed by atoms with Gasteiger partial charge in [0.1, 0.15) is 5.94 Å². The summed E-state index contributed by atoms with van der Waals surface area (Å²) < 4.78 is 0. The molecule has 0 aliphatic heterocycles. The van der Waals surface area contributed by atoms with E-state index in [9.17, 15) is 4.79 Å². The molecule has 0 saturated heterocycles. The summed E-state index contributed by atoms with van der Waals surface area (Å²) in [5.74, 6) is 4.65. The minimum absolute atomic E-state index is 0.319. The second kappa shape index (κ2) is 10.9. The van der Waals surface area contributed by atoms with Crippen molar-refractivity contribution in [2.45, 2.75) is 119 Å². The van der Waals surface area contributed by atoms with Crippen LogP contribution in [0.5, 0.6) is 0 Å². The standard InChI is InChI=1S/C32H46O/c1-18(2)24-13-26(20(5)6)31(27(14-24)21(7)8)30(17-33)32-28(22(9)10)15-25(19(3)4)16-29(32)23(11)12/h13-16,18-23H,1-12H3. The smallest absolute Gasteiger partial charge is 0.133 e. The van der Waals surface area contributed by atoms with Crippen molar-refractivity contribution >= 4 is 11.5 Å². The lowest BCUT2D eigenvalue weighted by Crippen LogP contribution is -2.12. The summed E-state index contributed by atoms with van der Waals surface area (Å²) in [6.45, 7) is 26.9. The average Bonchev–Trinajstić information content (AvgIpc) is 2.72. The van der Waals surface area contributed by atoms with Gasteiger partial charge in [-0.05, 0) is 68.9 Å². The van der Waals surface area contributed by atoms with Crippen molar-refractivity contribution in [1.29, 1.82) is 0 Å². The quantitative estimate of drug-likeness (QED) is 0.369. The van der Waals surface area contributed by atoms with Gasteiger partial charge in [-0.15, -0.1) is 0 Å². The second-order valence-corrected chi connectivity index (χ2v) is 11.6. The molecule has 0 unspecified atom stereocenters. The van der Waals surface area contributed by atoms with E-state index in [4.69, 9.17) is 0 Å². The predicted octanol–water partition coefficient (Wildman–Crippen LogP) is 9.69. The molecule has 33 heavy (non-hydrogen) atoms. The first-order valence-electron chi connectivity index (χ1n) is 12.9. The highest BCUT2D eigenvalue weighted by molar-refractivity contribution is 6.01. The van der Waals surface area contributed by atoms with Gasteiger partial charge in [-0.1, -0.05) is 107 Å². The fourth-order valence-corrected chi connectivity index (χ4v) is 4.72. The van der Waals surface area contributed by atoms with E-state index in [2.05, 4.69) is 113 Å². The topological polar surface area (TPSA) is 17.1 Å². The van der Waals surface area contributed by atoms with Crippen LogP contribution >= 0.6 is 0 Å². The van der Waals surface area contributed by atoms with Gasteiger partial charge < -0.3 is 0 Å². The molecule has 0 aliphatic rings. The van der Waals surface area contributed by atoms with Crippen LogP contribution in [0.15, 0.2) is 24.3 Å². The SMILES string of the molecule is CC(C)c1cc(C(C)C)c(C(=C=O)c2c(C(C)C)cc(C(C)C)cc2C(C)C)c(C(C)C)c1. The molecule has 0 amide bonds. The monoisotopic (exact) mass is 446 g/mol. The molecule has 0 aliphatic carbocycles. The number of carbonyl (C=O) groups excluding carboxylic acids is 1. The molecular formula is C32H46O. The number of hydrogen-bond donors (Lipinski definition) is 0. The first-order chi connectivity index (χ1) is 15.3. The van der Waals surface area contributed by atoms with E-state index in [1.165, 1.54) is 33.4 Å². The number of benzene rings is 2. The Kier molecular flexibility index (Phi) is 8.94. The molecule has 2 aromatic rings. The van der Waals surface area contributed by atoms with E-state index < -0.39 is 0 Å². The highest BCUT2D eigenvalue weighted by atomic mass is 16.1. The van der Waals surface area contributed by atoms with Crippen LogP contribution in [0, 0.1) is 0 Å². The summed E-state index contributed by atoms with van der Waals surface area (Å²) in [4.78, 5) is 12.9. The zero-order valence-corrected chi connectivity index (χ0v) is 23.2. The minimum atomic E-state index is 0.319. The van der Waals surface area contributed by atoms with Gasteiger partial charge in [0.05, 0.1) is 5.57 Å². The van der Waals surface area contributed by atoms with Crippen molar-refractivity contribution in [2.75, 3.05) is 0 Å². The fourth-order valence-electron chi connectivity index (χ4n) is 4.72. The van der Waals surface area contributed by atoms with Gasteiger partial charge in [0.25, 0.3) is 0 Å². The molecule has 0 aromatic heterocycles. The molecule has 2 aromatic carbocycles. The maximum atomic E-state index is 12.9. The van der Waals surface area contributed by atoms with Crippen LogP contribution in [0.2, 0.25) is 0 Å². The third kappa shape index (κ3) is 5.70. The third-order valence-electron chi connectivity index (χ3n) is 6.87. The van der Waals surface area contributed by atoms with E-state index in [1.807, 2.05) is 0 Å². The Bertz CT molecular complexity index is 889. The fraction of sp³-hybridized carbons (Fsp3) is 0.562. The molecule has 1 heteroatoms. The molecule has 0 radical (unpaired) electrons. The van der Waals surface area contributed by atoms with Crippen molar-refractivity contribution in [3.05, 3.63) is 68.8 Å². The normalized spacial score (nSPS) is 12.1.